The van der Waals surface area contributed by atoms with Gasteiger partial charge < -0.3 is 4.90 Å². The van der Waals surface area contributed by atoms with Gasteiger partial charge in [0.05, 0.1) is 0 Å². The van der Waals surface area contributed by atoms with Gasteiger partial charge >= 0.3 is 0 Å². The van der Waals surface area contributed by atoms with Crippen molar-refractivity contribution in [2.75, 3.05) is 20.6 Å². The van der Waals surface area contributed by atoms with E-state index in [4.69, 9.17) is 11.6 Å². The number of halogens is 1. The fourth-order valence-electron chi connectivity index (χ4n) is 1.70. The van der Waals surface area contributed by atoms with Crippen molar-refractivity contribution in [1.82, 2.24) is 30.1 Å². The van der Waals surface area contributed by atoms with Crippen LogP contribution in [0.25, 0.3) is 0 Å². The Hall–Kier alpha value is -1.53. The van der Waals surface area contributed by atoms with E-state index in [-0.39, 0.29) is 6.04 Å². The summed E-state index contributed by atoms with van der Waals surface area (Å²) in [5.41, 5.74) is 1.03. The topological polar surface area (TPSA) is 59.7 Å². The molecule has 0 aliphatic rings. The predicted molar refractivity (Wildman–Crippen MR) is 68.4 cm³/mol. The lowest BCUT2D eigenvalue weighted by Crippen LogP contribution is -2.21. The zero-order valence-corrected chi connectivity index (χ0v) is 11.1. The Labute approximate surface area is 111 Å². The summed E-state index contributed by atoms with van der Waals surface area (Å²) in [4.78, 5) is 7.82. The van der Waals surface area contributed by atoms with Crippen molar-refractivity contribution in [2.24, 2.45) is 0 Å². The molecule has 1 atom stereocenters. The monoisotopic (exact) mass is 266 g/mol. The third kappa shape index (κ3) is 3.24. The highest BCUT2D eigenvalue weighted by Gasteiger charge is 2.16. The minimum atomic E-state index is 0.0275. The SMILES string of the molecule is CN(C)CCC(c1ccc(Cl)nc1)n1ncnn1. The molecule has 0 aliphatic heterocycles. The molecule has 6 nitrogen and oxygen atoms in total. The fraction of sp³-hybridized carbons (Fsp3) is 0.455. The van der Waals surface area contributed by atoms with E-state index in [1.54, 1.807) is 17.1 Å². The summed E-state index contributed by atoms with van der Waals surface area (Å²) >= 11 is 5.80. The maximum Gasteiger partial charge on any atom is 0.162 e. The zero-order chi connectivity index (χ0) is 13.0. The molecule has 0 fully saturated rings. The summed E-state index contributed by atoms with van der Waals surface area (Å²) in [5.74, 6) is 0. The number of hydrogen-bond acceptors (Lipinski definition) is 5. The first-order valence-electron chi connectivity index (χ1n) is 5.65. The Morgan fingerprint density at radius 3 is 2.78 bits per heavy atom. The lowest BCUT2D eigenvalue weighted by molar-refractivity contribution is 0.339. The Morgan fingerprint density at radius 1 is 1.39 bits per heavy atom. The zero-order valence-electron chi connectivity index (χ0n) is 10.4. The molecule has 18 heavy (non-hydrogen) atoms. The summed E-state index contributed by atoms with van der Waals surface area (Å²) < 4.78 is 0. The summed E-state index contributed by atoms with van der Waals surface area (Å²) in [6.45, 7) is 0.925. The second-order valence-electron chi connectivity index (χ2n) is 4.28. The fourth-order valence-corrected chi connectivity index (χ4v) is 1.81. The minimum absolute atomic E-state index is 0.0275. The third-order valence-electron chi connectivity index (χ3n) is 2.63. The van der Waals surface area contributed by atoms with Crippen molar-refractivity contribution in [3.05, 3.63) is 35.4 Å². The maximum absolute atomic E-state index is 5.80. The number of aromatic nitrogens is 5. The maximum atomic E-state index is 5.80. The minimum Gasteiger partial charge on any atom is -0.309 e. The molecular formula is C11H15ClN6. The first-order chi connectivity index (χ1) is 8.66. The summed E-state index contributed by atoms with van der Waals surface area (Å²) in [6, 6.07) is 3.75. The van der Waals surface area contributed by atoms with Gasteiger partial charge in [0.25, 0.3) is 0 Å². The van der Waals surface area contributed by atoms with Crippen molar-refractivity contribution >= 4 is 11.6 Å². The Balaban J connectivity index is 2.21. The van der Waals surface area contributed by atoms with E-state index in [0.29, 0.717) is 5.15 Å². The summed E-state index contributed by atoms with van der Waals surface area (Å²) in [7, 11) is 4.07. The lowest BCUT2D eigenvalue weighted by atomic mass is 10.1. The van der Waals surface area contributed by atoms with Crippen molar-refractivity contribution < 1.29 is 0 Å². The van der Waals surface area contributed by atoms with Crippen LogP contribution in [-0.2, 0) is 0 Å². The van der Waals surface area contributed by atoms with Gasteiger partial charge in [-0.1, -0.05) is 17.7 Å². The van der Waals surface area contributed by atoms with Gasteiger partial charge in [0.1, 0.15) is 11.2 Å². The quantitative estimate of drug-likeness (QED) is 0.763. The molecule has 0 bridgehead atoms. The van der Waals surface area contributed by atoms with E-state index >= 15 is 0 Å². The van der Waals surface area contributed by atoms with Crippen LogP contribution < -0.4 is 0 Å². The highest BCUT2D eigenvalue weighted by molar-refractivity contribution is 6.29. The molecule has 2 rings (SSSR count). The molecule has 0 aliphatic carbocycles. The molecule has 2 aromatic heterocycles. The van der Waals surface area contributed by atoms with Gasteiger partial charge in [0.15, 0.2) is 6.33 Å². The van der Waals surface area contributed by atoms with Crippen molar-refractivity contribution in [2.45, 2.75) is 12.5 Å². The third-order valence-corrected chi connectivity index (χ3v) is 2.85. The molecule has 1 unspecified atom stereocenters. The van der Waals surface area contributed by atoms with Gasteiger partial charge in [-0.25, -0.2) is 4.98 Å². The molecular weight excluding hydrogens is 252 g/mol. The van der Waals surface area contributed by atoms with E-state index in [9.17, 15) is 0 Å². The molecule has 0 amide bonds. The van der Waals surface area contributed by atoms with E-state index < -0.39 is 0 Å². The van der Waals surface area contributed by atoms with Crippen LogP contribution in [0.3, 0.4) is 0 Å². The van der Waals surface area contributed by atoms with Crippen molar-refractivity contribution in [3.63, 3.8) is 0 Å². The van der Waals surface area contributed by atoms with Crippen LogP contribution in [-0.4, -0.2) is 50.7 Å². The van der Waals surface area contributed by atoms with Gasteiger partial charge in [0.2, 0.25) is 0 Å². The van der Waals surface area contributed by atoms with E-state index in [1.165, 1.54) is 6.33 Å². The number of pyridine rings is 1. The van der Waals surface area contributed by atoms with Gasteiger partial charge in [-0.2, -0.15) is 4.80 Å². The largest absolute Gasteiger partial charge is 0.309 e. The first kappa shape index (κ1) is 12.9. The van der Waals surface area contributed by atoms with Crippen LogP contribution in [0.2, 0.25) is 5.15 Å². The Morgan fingerprint density at radius 2 is 2.22 bits per heavy atom. The molecule has 0 radical (unpaired) electrons. The van der Waals surface area contributed by atoms with E-state index in [2.05, 4.69) is 25.3 Å². The molecule has 96 valence electrons. The predicted octanol–water partition coefficient (Wildman–Crippen LogP) is 1.26. The molecule has 0 N–H and O–H groups in total. The second-order valence-corrected chi connectivity index (χ2v) is 4.67. The molecule has 2 heterocycles. The lowest BCUT2D eigenvalue weighted by Gasteiger charge is -2.18. The average molecular weight is 267 g/mol. The van der Waals surface area contributed by atoms with Crippen LogP contribution in [0, 0.1) is 0 Å². The van der Waals surface area contributed by atoms with E-state index in [1.807, 2.05) is 20.2 Å². The molecule has 0 spiro atoms. The molecule has 7 heteroatoms. The van der Waals surface area contributed by atoms with Gasteiger partial charge in [0, 0.05) is 6.20 Å². The summed E-state index contributed by atoms with van der Waals surface area (Å²) in [6.07, 6.45) is 4.07. The molecule has 0 saturated carbocycles. The van der Waals surface area contributed by atoms with Crippen LogP contribution >= 0.6 is 11.6 Å². The van der Waals surface area contributed by atoms with Crippen LogP contribution in [0.5, 0.6) is 0 Å². The average Bonchev–Trinajstić information content (AvgIpc) is 2.85. The second kappa shape index (κ2) is 5.88. The highest BCUT2D eigenvalue weighted by atomic mass is 35.5. The number of rotatable bonds is 5. The van der Waals surface area contributed by atoms with Gasteiger partial charge in [-0.15, -0.1) is 10.2 Å². The van der Waals surface area contributed by atoms with Crippen LogP contribution in [0.1, 0.15) is 18.0 Å². The molecule has 0 saturated heterocycles. The van der Waals surface area contributed by atoms with Crippen LogP contribution in [0.4, 0.5) is 0 Å². The number of nitrogens with zero attached hydrogens (tertiary/aromatic N) is 6. The van der Waals surface area contributed by atoms with Crippen molar-refractivity contribution in [3.8, 4) is 0 Å². The van der Waals surface area contributed by atoms with Crippen molar-refractivity contribution in [1.29, 1.82) is 0 Å². The Bertz CT molecular complexity index is 467. The normalized spacial score (nSPS) is 12.9. The standard InChI is InChI=1S/C11H15ClN6/c1-17(2)6-5-10(18-15-8-14-16-18)9-3-4-11(12)13-7-9/h3-4,7-8,10H,5-6H2,1-2H3. The summed E-state index contributed by atoms with van der Waals surface area (Å²) in [5, 5.41) is 12.3. The van der Waals surface area contributed by atoms with Gasteiger partial charge in [-0.3, -0.25) is 0 Å². The highest BCUT2D eigenvalue weighted by Crippen LogP contribution is 2.20. The molecule has 2 aromatic rings. The smallest absolute Gasteiger partial charge is 0.162 e. The Kier molecular flexibility index (Phi) is 4.22. The first-order valence-corrected chi connectivity index (χ1v) is 6.03. The number of tetrazole rings is 1. The molecule has 0 aromatic carbocycles. The van der Waals surface area contributed by atoms with E-state index in [0.717, 1.165) is 18.5 Å². The van der Waals surface area contributed by atoms with Gasteiger partial charge in [-0.05, 0) is 43.9 Å². The number of hydrogen-bond donors (Lipinski definition) is 0. The van der Waals surface area contributed by atoms with Crippen LogP contribution in [0.15, 0.2) is 24.7 Å².